The zero-order valence-electron chi connectivity index (χ0n) is 10.1. The number of hydrogen-bond acceptors (Lipinski definition) is 2. The summed E-state index contributed by atoms with van der Waals surface area (Å²) in [5.74, 6) is 0.775. The fourth-order valence-corrected chi connectivity index (χ4v) is 2.63. The summed E-state index contributed by atoms with van der Waals surface area (Å²) in [6.07, 6.45) is 6.82. The van der Waals surface area contributed by atoms with Crippen molar-refractivity contribution < 1.29 is 4.74 Å². The molecule has 1 aliphatic carbocycles. The van der Waals surface area contributed by atoms with E-state index in [9.17, 15) is 0 Å². The van der Waals surface area contributed by atoms with Crippen molar-refractivity contribution in [1.29, 1.82) is 0 Å². The van der Waals surface area contributed by atoms with E-state index in [0.29, 0.717) is 6.61 Å². The maximum absolute atomic E-state index is 5.83. The molecule has 0 heterocycles. The van der Waals surface area contributed by atoms with Crippen LogP contribution in [0.1, 0.15) is 37.7 Å². The SMILES string of the molecule is Nc1cc(COCC2CCCCC2)ccc1Br. The second kappa shape index (κ2) is 6.41. The molecule has 1 saturated carbocycles. The fourth-order valence-electron chi connectivity index (χ4n) is 2.38. The summed E-state index contributed by atoms with van der Waals surface area (Å²) in [7, 11) is 0. The average molecular weight is 298 g/mol. The number of rotatable bonds is 4. The lowest BCUT2D eigenvalue weighted by Gasteiger charge is -2.21. The van der Waals surface area contributed by atoms with Crippen LogP contribution in [0, 0.1) is 5.92 Å². The molecule has 0 radical (unpaired) electrons. The zero-order chi connectivity index (χ0) is 12.1. The molecule has 1 aliphatic rings. The maximum Gasteiger partial charge on any atom is 0.0717 e. The molecule has 94 valence electrons. The largest absolute Gasteiger partial charge is 0.398 e. The lowest BCUT2D eigenvalue weighted by atomic mass is 9.90. The summed E-state index contributed by atoms with van der Waals surface area (Å²) >= 11 is 3.39. The third-order valence-corrected chi connectivity index (χ3v) is 4.13. The first-order valence-corrected chi connectivity index (χ1v) is 7.16. The molecular weight excluding hydrogens is 278 g/mol. The van der Waals surface area contributed by atoms with Gasteiger partial charge in [0.05, 0.1) is 6.61 Å². The van der Waals surface area contributed by atoms with Gasteiger partial charge >= 0.3 is 0 Å². The molecule has 0 aliphatic heterocycles. The molecule has 1 aromatic carbocycles. The van der Waals surface area contributed by atoms with Gasteiger partial charge < -0.3 is 10.5 Å². The highest BCUT2D eigenvalue weighted by Crippen LogP contribution is 2.24. The van der Waals surface area contributed by atoms with E-state index in [4.69, 9.17) is 10.5 Å². The second-order valence-electron chi connectivity index (χ2n) is 4.88. The van der Waals surface area contributed by atoms with Gasteiger partial charge in [-0.05, 0) is 52.4 Å². The molecule has 0 amide bonds. The number of nitrogens with two attached hydrogens (primary N) is 1. The van der Waals surface area contributed by atoms with Crippen LogP contribution in [0.5, 0.6) is 0 Å². The number of hydrogen-bond donors (Lipinski definition) is 1. The molecule has 0 unspecified atom stereocenters. The topological polar surface area (TPSA) is 35.2 Å². The molecule has 1 aromatic rings. The van der Waals surface area contributed by atoms with Crippen LogP contribution in [0.25, 0.3) is 0 Å². The molecule has 0 spiro atoms. The summed E-state index contributed by atoms with van der Waals surface area (Å²) < 4.78 is 6.74. The lowest BCUT2D eigenvalue weighted by molar-refractivity contribution is 0.0739. The quantitative estimate of drug-likeness (QED) is 0.848. The Balaban J connectivity index is 1.75. The predicted octanol–water partition coefficient (Wildman–Crippen LogP) is 4.13. The van der Waals surface area contributed by atoms with Crippen molar-refractivity contribution in [3.8, 4) is 0 Å². The van der Waals surface area contributed by atoms with Crippen molar-refractivity contribution in [2.45, 2.75) is 38.7 Å². The van der Waals surface area contributed by atoms with Crippen molar-refractivity contribution in [3.05, 3.63) is 28.2 Å². The smallest absolute Gasteiger partial charge is 0.0717 e. The Kier molecular flexibility index (Phi) is 4.86. The van der Waals surface area contributed by atoms with Gasteiger partial charge in [0.25, 0.3) is 0 Å². The van der Waals surface area contributed by atoms with Gasteiger partial charge in [0, 0.05) is 16.8 Å². The third-order valence-electron chi connectivity index (χ3n) is 3.41. The van der Waals surface area contributed by atoms with E-state index in [-0.39, 0.29) is 0 Å². The Morgan fingerprint density at radius 3 is 2.71 bits per heavy atom. The van der Waals surface area contributed by atoms with Crippen molar-refractivity contribution >= 4 is 21.6 Å². The summed E-state index contributed by atoms with van der Waals surface area (Å²) in [6.45, 7) is 1.57. The van der Waals surface area contributed by atoms with Gasteiger partial charge in [0.1, 0.15) is 0 Å². The molecule has 0 bridgehead atoms. The first-order valence-electron chi connectivity index (χ1n) is 6.37. The average Bonchev–Trinajstić information content (AvgIpc) is 2.35. The van der Waals surface area contributed by atoms with E-state index in [2.05, 4.69) is 22.0 Å². The highest BCUT2D eigenvalue weighted by atomic mass is 79.9. The van der Waals surface area contributed by atoms with Crippen LogP contribution < -0.4 is 5.73 Å². The minimum absolute atomic E-state index is 0.675. The molecule has 3 heteroatoms. The van der Waals surface area contributed by atoms with Crippen molar-refractivity contribution in [3.63, 3.8) is 0 Å². The van der Waals surface area contributed by atoms with Gasteiger partial charge in [-0.15, -0.1) is 0 Å². The lowest BCUT2D eigenvalue weighted by Crippen LogP contribution is -2.13. The standard InChI is InChI=1S/C14H20BrNO/c15-13-7-6-12(8-14(13)16)10-17-9-11-4-2-1-3-5-11/h6-8,11H,1-5,9-10,16H2. The van der Waals surface area contributed by atoms with Crippen LogP contribution in [0.4, 0.5) is 5.69 Å². The fraction of sp³-hybridized carbons (Fsp3) is 0.571. The maximum atomic E-state index is 5.83. The van der Waals surface area contributed by atoms with Crippen LogP contribution in [-0.2, 0) is 11.3 Å². The first-order chi connectivity index (χ1) is 8.25. The third kappa shape index (κ3) is 4.00. The van der Waals surface area contributed by atoms with E-state index in [1.54, 1.807) is 0 Å². The Morgan fingerprint density at radius 2 is 2.00 bits per heavy atom. The minimum atomic E-state index is 0.675. The molecule has 17 heavy (non-hydrogen) atoms. The molecule has 0 atom stereocenters. The summed E-state index contributed by atoms with van der Waals surface area (Å²) in [6, 6.07) is 6.01. The van der Waals surface area contributed by atoms with Crippen LogP contribution in [0.3, 0.4) is 0 Å². The number of nitrogen functional groups attached to an aromatic ring is 1. The van der Waals surface area contributed by atoms with Crippen LogP contribution >= 0.6 is 15.9 Å². The van der Waals surface area contributed by atoms with E-state index >= 15 is 0 Å². The van der Waals surface area contributed by atoms with Gasteiger partial charge in [0.15, 0.2) is 0 Å². The molecule has 2 rings (SSSR count). The Labute approximate surface area is 112 Å². The van der Waals surface area contributed by atoms with Gasteiger partial charge in [-0.3, -0.25) is 0 Å². The van der Waals surface area contributed by atoms with Gasteiger partial charge in [-0.1, -0.05) is 25.3 Å². The molecule has 2 nitrogen and oxygen atoms in total. The normalized spacial score (nSPS) is 17.2. The summed E-state index contributed by atoms with van der Waals surface area (Å²) in [5.41, 5.74) is 7.77. The highest BCUT2D eigenvalue weighted by Gasteiger charge is 2.13. The number of halogens is 1. The van der Waals surface area contributed by atoms with E-state index in [1.165, 1.54) is 32.1 Å². The van der Waals surface area contributed by atoms with Gasteiger partial charge in [0.2, 0.25) is 0 Å². The van der Waals surface area contributed by atoms with Crippen molar-refractivity contribution in [2.24, 2.45) is 5.92 Å². The molecule has 2 N–H and O–H groups in total. The van der Waals surface area contributed by atoms with Gasteiger partial charge in [-0.2, -0.15) is 0 Å². The number of anilines is 1. The summed E-state index contributed by atoms with van der Waals surface area (Å²) in [4.78, 5) is 0. The number of benzene rings is 1. The van der Waals surface area contributed by atoms with E-state index < -0.39 is 0 Å². The Hall–Kier alpha value is -0.540. The zero-order valence-corrected chi connectivity index (χ0v) is 11.7. The minimum Gasteiger partial charge on any atom is -0.398 e. The summed E-state index contributed by atoms with van der Waals surface area (Å²) in [5, 5.41) is 0. The van der Waals surface area contributed by atoms with E-state index in [0.717, 1.165) is 28.2 Å². The number of ether oxygens (including phenoxy) is 1. The molecular formula is C14H20BrNO. The molecule has 1 fully saturated rings. The first kappa shape index (κ1) is 12.9. The predicted molar refractivity (Wildman–Crippen MR) is 74.8 cm³/mol. The highest BCUT2D eigenvalue weighted by molar-refractivity contribution is 9.10. The monoisotopic (exact) mass is 297 g/mol. The van der Waals surface area contributed by atoms with Crippen molar-refractivity contribution in [2.75, 3.05) is 12.3 Å². The molecule has 0 saturated heterocycles. The van der Waals surface area contributed by atoms with Crippen LogP contribution in [0.15, 0.2) is 22.7 Å². The second-order valence-corrected chi connectivity index (χ2v) is 5.73. The molecule has 0 aromatic heterocycles. The van der Waals surface area contributed by atoms with E-state index in [1.807, 2.05) is 12.1 Å². The Bertz CT molecular complexity index is 361. The van der Waals surface area contributed by atoms with Crippen molar-refractivity contribution in [1.82, 2.24) is 0 Å². The van der Waals surface area contributed by atoms with Crippen LogP contribution in [0.2, 0.25) is 0 Å². The van der Waals surface area contributed by atoms with Gasteiger partial charge in [-0.25, -0.2) is 0 Å². The van der Waals surface area contributed by atoms with Crippen LogP contribution in [-0.4, -0.2) is 6.61 Å². The Morgan fingerprint density at radius 1 is 1.24 bits per heavy atom.